The molecule has 0 heterocycles. The molecule has 0 aliphatic carbocycles. The van der Waals surface area contributed by atoms with Crippen LogP contribution in [0.15, 0.2) is 0 Å². The molecule has 21 heavy (non-hydrogen) atoms. The predicted molar refractivity (Wildman–Crippen MR) is 94.3 cm³/mol. The summed E-state index contributed by atoms with van der Waals surface area (Å²) in [5, 5.41) is 0. The van der Waals surface area contributed by atoms with Crippen LogP contribution < -0.4 is 0 Å². The number of hydrogen-bond acceptors (Lipinski definition) is 1. The maximum Gasteiger partial charge on any atom is 0.0543 e. The van der Waals surface area contributed by atoms with E-state index in [1.54, 1.807) is 7.11 Å². The standard InChI is InChI=1S/C20H38O/c1-7-17(2)11-8-12-18(3)13-9-14-19(4)15-10-16-20(5)21-6/h1,17-20H,8-16H2,2-6H3. The first-order chi connectivity index (χ1) is 9.99. The minimum Gasteiger partial charge on any atom is -0.382 e. The predicted octanol–water partition coefficient (Wildman–Crippen LogP) is 6.07. The van der Waals surface area contributed by atoms with Gasteiger partial charge in [0.1, 0.15) is 0 Å². The highest BCUT2D eigenvalue weighted by atomic mass is 16.5. The van der Waals surface area contributed by atoms with Crippen molar-refractivity contribution in [1.82, 2.24) is 0 Å². The van der Waals surface area contributed by atoms with Gasteiger partial charge in [-0.2, -0.15) is 0 Å². The van der Waals surface area contributed by atoms with Crippen LogP contribution >= 0.6 is 0 Å². The smallest absolute Gasteiger partial charge is 0.0543 e. The van der Waals surface area contributed by atoms with Crippen molar-refractivity contribution < 1.29 is 4.74 Å². The summed E-state index contributed by atoms with van der Waals surface area (Å²) in [6.45, 7) is 9.10. The first kappa shape index (κ1) is 20.5. The van der Waals surface area contributed by atoms with Crippen LogP contribution in [0.5, 0.6) is 0 Å². The molecule has 124 valence electrons. The van der Waals surface area contributed by atoms with Gasteiger partial charge in [-0.05, 0) is 31.6 Å². The summed E-state index contributed by atoms with van der Waals surface area (Å²) < 4.78 is 5.29. The number of methoxy groups -OCH3 is 1. The lowest BCUT2D eigenvalue weighted by Gasteiger charge is -2.15. The Kier molecular flexibility index (Phi) is 12.9. The highest BCUT2D eigenvalue weighted by Gasteiger charge is 2.07. The summed E-state index contributed by atoms with van der Waals surface area (Å²) >= 11 is 0. The zero-order valence-electron chi connectivity index (χ0n) is 15.2. The summed E-state index contributed by atoms with van der Waals surface area (Å²) in [6.07, 6.45) is 17.6. The molecule has 0 aromatic heterocycles. The van der Waals surface area contributed by atoms with Gasteiger partial charge in [0.25, 0.3) is 0 Å². The second kappa shape index (κ2) is 13.2. The second-order valence-electron chi connectivity index (χ2n) is 7.12. The molecule has 0 radical (unpaired) electrons. The van der Waals surface area contributed by atoms with Crippen LogP contribution in [0.2, 0.25) is 0 Å². The van der Waals surface area contributed by atoms with Crippen molar-refractivity contribution in [2.24, 2.45) is 17.8 Å². The molecule has 4 unspecified atom stereocenters. The molecule has 4 atom stereocenters. The molecule has 0 fully saturated rings. The maximum atomic E-state index is 5.41. The lowest BCUT2D eigenvalue weighted by atomic mass is 9.91. The van der Waals surface area contributed by atoms with E-state index in [4.69, 9.17) is 11.2 Å². The molecular formula is C20H38O. The first-order valence-electron chi connectivity index (χ1n) is 8.98. The van der Waals surface area contributed by atoms with Crippen LogP contribution in [0.4, 0.5) is 0 Å². The molecule has 0 aliphatic heterocycles. The second-order valence-corrected chi connectivity index (χ2v) is 7.12. The van der Waals surface area contributed by atoms with Crippen LogP contribution in [0.3, 0.4) is 0 Å². The number of ether oxygens (including phenoxy) is 1. The minimum atomic E-state index is 0.419. The van der Waals surface area contributed by atoms with E-state index in [1.165, 1.54) is 57.8 Å². The summed E-state index contributed by atoms with van der Waals surface area (Å²) in [5.41, 5.74) is 0. The summed E-state index contributed by atoms with van der Waals surface area (Å²) in [5.74, 6) is 4.99. The third kappa shape index (κ3) is 12.9. The molecule has 0 bridgehead atoms. The van der Waals surface area contributed by atoms with Crippen molar-refractivity contribution >= 4 is 0 Å². The first-order valence-corrected chi connectivity index (χ1v) is 8.98. The Morgan fingerprint density at radius 3 is 1.62 bits per heavy atom. The van der Waals surface area contributed by atoms with Gasteiger partial charge in [0, 0.05) is 13.0 Å². The van der Waals surface area contributed by atoms with Crippen molar-refractivity contribution in [3.8, 4) is 12.3 Å². The number of hydrogen-bond donors (Lipinski definition) is 0. The molecule has 0 aliphatic rings. The normalized spacial score (nSPS) is 17.0. The van der Waals surface area contributed by atoms with Gasteiger partial charge in [0.15, 0.2) is 0 Å². The van der Waals surface area contributed by atoms with Crippen LogP contribution in [-0.4, -0.2) is 13.2 Å². The van der Waals surface area contributed by atoms with E-state index in [-0.39, 0.29) is 0 Å². The highest BCUT2D eigenvalue weighted by molar-refractivity contribution is 4.89. The van der Waals surface area contributed by atoms with Crippen molar-refractivity contribution in [2.75, 3.05) is 7.11 Å². The fraction of sp³-hybridized carbons (Fsp3) is 0.900. The van der Waals surface area contributed by atoms with Gasteiger partial charge in [0.05, 0.1) is 6.10 Å². The van der Waals surface area contributed by atoms with Gasteiger partial charge < -0.3 is 4.74 Å². The number of rotatable bonds is 13. The maximum absolute atomic E-state index is 5.41. The fourth-order valence-corrected chi connectivity index (χ4v) is 2.83. The third-order valence-corrected chi connectivity index (χ3v) is 4.72. The van der Waals surface area contributed by atoms with E-state index in [0.29, 0.717) is 12.0 Å². The van der Waals surface area contributed by atoms with Crippen LogP contribution in [0, 0.1) is 30.1 Å². The highest BCUT2D eigenvalue weighted by Crippen LogP contribution is 2.21. The Hall–Kier alpha value is -0.480. The molecule has 0 spiro atoms. The average molecular weight is 295 g/mol. The minimum absolute atomic E-state index is 0.419. The van der Waals surface area contributed by atoms with E-state index in [2.05, 4.69) is 33.6 Å². The van der Waals surface area contributed by atoms with E-state index < -0.39 is 0 Å². The molecule has 0 amide bonds. The lowest BCUT2D eigenvalue weighted by Crippen LogP contribution is -2.05. The molecule has 0 saturated carbocycles. The molecule has 0 rings (SSSR count). The van der Waals surface area contributed by atoms with Gasteiger partial charge in [0.2, 0.25) is 0 Å². The lowest BCUT2D eigenvalue weighted by molar-refractivity contribution is 0.107. The molecule has 0 aromatic carbocycles. The van der Waals surface area contributed by atoms with Gasteiger partial charge in [-0.25, -0.2) is 0 Å². The Balaban J connectivity index is 3.49. The molecule has 0 aromatic rings. The van der Waals surface area contributed by atoms with Crippen LogP contribution in [0.1, 0.15) is 85.5 Å². The largest absolute Gasteiger partial charge is 0.382 e. The van der Waals surface area contributed by atoms with Crippen molar-refractivity contribution in [3.05, 3.63) is 0 Å². The van der Waals surface area contributed by atoms with Crippen molar-refractivity contribution in [2.45, 2.75) is 91.6 Å². The Morgan fingerprint density at radius 2 is 1.19 bits per heavy atom. The van der Waals surface area contributed by atoms with Gasteiger partial charge >= 0.3 is 0 Å². The third-order valence-electron chi connectivity index (χ3n) is 4.72. The van der Waals surface area contributed by atoms with Crippen LogP contribution in [-0.2, 0) is 4.74 Å². The van der Waals surface area contributed by atoms with E-state index in [1.807, 2.05) is 0 Å². The molecule has 1 nitrogen and oxygen atoms in total. The molecular weight excluding hydrogens is 256 g/mol. The fourth-order valence-electron chi connectivity index (χ4n) is 2.83. The van der Waals surface area contributed by atoms with Crippen molar-refractivity contribution in [3.63, 3.8) is 0 Å². The number of terminal acetylenes is 1. The molecule has 1 heteroatoms. The SMILES string of the molecule is C#CC(C)CCCC(C)CCCC(C)CCCC(C)OC. The Morgan fingerprint density at radius 1 is 0.762 bits per heavy atom. The zero-order valence-corrected chi connectivity index (χ0v) is 15.2. The summed E-state index contributed by atoms with van der Waals surface area (Å²) in [4.78, 5) is 0. The zero-order chi connectivity index (χ0) is 16.1. The van der Waals surface area contributed by atoms with E-state index in [0.717, 1.165) is 11.8 Å². The van der Waals surface area contributed by atoms with E-state index in [9.17, 15) is 0 Å². The van der Waals surface area contributed by atoms with Gasteiger partial charge in [-0.15, -0.1) is 12.3 Å². The monoisotopic (exact) mass is 294 g/mol. The Labute approximate surface area is 134 Å². The van der Waals surface area contributed by atoms with Crippen molar-refractivity contribution in [1.29, 1.82) is 0 Å². The topological polar surface area (TPSA) is 9.23 Å². The summed E-state index contributed by atoms with van der Waals surface area (Å²) in [6, 6.07) is 0. The average Bonchev–Trinajstić information content (AvgIpc) is 2.46. The van der Waals surface area contributed by atoms with Gasteiger partial charge in [-0.1, -0.05) is 65.7 Å². The molecule has 0 saturated heterocycles. The van der Waals surface area contributed by atoms with Crippen LogP contribution in [0.25, 0.3) is 0 Å². The van der Waals surface area contributed by atoms with Gasteiger partial charge in [-0.3, -0.25) is 0 Å². The molecule has 0 N–H and O–H groups in total. The Bertz CT molecular complexity index is 266. The quantitative estimate of drug-likeness (QED) is 0.374. The summed E-state index contributed by atoms with van der Waals surface area (Å²) in [7, 11) is 1.81. The van der Waals surface area contributed by atoms with E-state index >= 15 is 0 Å².